The molecule has 212 valence electrons. The SMILES string of the molecule is CC(C)(O)CCSc1ccc(-c2ccnc(Nc3ccc(C(=O)N4CCN(C(=O)c5ccco5)CC4)cc3)n2)cc1. The van der Waals surface area contributed by atoms with Gasteiger partial charge in [0.05, 0.1) is 17.6 Å². The minimum absolute atomic E-state index is 0.0680. The zero-order valence-electron chi connectivity index (χ0n) is 23.1. The Morgan fingerprint density at radius 1 is 0.951 bits per heavy atom. The molecule has 41 heavy (non-hydrogen) atoms. The molecule has 9 nitrogen and oxygen atoms in total. The molecular weight excluding hydrogens is 538 g/mol. The summed E-state index contributed by atoms with van der Waals surface area (Å²) >= 11 is 1.72. The number of rotatable bonds is 9. The van der Waals surface area contributed by atoms with Crippen molar-refractivity contribution in [2.75, 3.05) is 37.2 Å². The Morgan fingerprint density at radius 3 is 2.27 bits per heavy atom. The lowest BCUT2D eigenvalue weighted by Gasteiger charge is -2.34. The van der Waals surface area contributed by atoms with Crippen LogP contribution in [0.25, 0.3) is 11.3 Å². The van der Waals surface area contributed by atoms with Crippen LogP contribution in [0.4, 0.5) is 11.6 Å². The predicted octanol–water partition coefficient (Wildman–Crippen LogP) is 5.33. The van der Waals surface area contributed by atoms with E-state index in [4.69, 9.17) is 4.42 Å². The Morgan fingerprint density at radius 2 is 1.63 bits per heavy atom. The number of nitrogens with zero attached hydrogens (tertiary/aromatic N) is 4. The van der Waals surface area contributed by atoms with Gasteiger partial charge in [0.2, 0.25) is 5.95 Å². The Bertz CT molecular complexity index is 1460. The smallest absolute Gasteiger partial charge is 0.289 e. The molecule has 3 heterocycles. The minimum atomic E-state index is -0.660. The number of anilines is 2. The van der Waals surface area contributed by atoms with Crippen molar-refractivity contribution in [3.63, 3.8) is 0 Å². The van der Waals surface area contributed by atoms with E-state index in [1.54, 1.807) is 52.0 Å². The maximum absolute atomic E-state index is 13.0. The first kappa shape index (κ1) is 28.4. The summed E-state index contributed by atoms with van der Waals surface area (Å²) in [4.78, 5) is 39.1. The second kappa shape index (κ2) is 12.6. The molecule has 10 heteroatoms. The number of nitrogens with one attached hydrogen (secondary N) is 1. The third-order valence-corrected chi connectivity index (χ3v) is 7.78. The van der Waals surface area contributed by atoms with E-state index in [1.807, 2.05) is 44.2 Å². The molecular formula is C31H33N5O4S. The molecule has 1 aliphatic rings. The molecule has 0 bridgehead atoms. The van der Waals surface area contributed by atoms with E-state index < -0.39 is 5.60 Å². The number of carbonyl (C=O) groups excluding carboxylic acids is 2. The highest BCUT2D eigenvalue weighted by molar-refractivity contribution is 7.99. The van der Waals surface area contributed by atoms with E-state index in [-0.39, 0.29) is 11.8 Å². The summed E-state index contributed by atoms with van der Waals surface area (Å²) in [5, 5.41) is 13.1. The number of benzene rings is 2. The van der Waals surface area contributed by atoms with Crippen molar-refractivity contribution in [2.45, 2.75) is 30.8 Å². The molecule has 0 spiro atoms. The lowest BCUT2D eigenvalue weighted by Crippen LogP contribution is -2.50. The molecule has 0 saturated carbocycles. The van der Waals surface area contributed by atoms with Crippen LogP contribution in [0.2, 0.25) is 0 Å². The van der Waals surface area contributed by atoms with Crippen LogP contribution in [-0.2, 0) is 0 Å². The molecule has 0 unspecified atom stereocenters. The second-order valence-corrected chi connectivity index (χ2v) is 11.6. The number of furan rings is 1. The Hall–Kier alpha value is -4.15. The van der Waals surface area contributed by atoms with Crippen molar-refractivity contribution in [1.82, 2.24) is 19.8 Å². The minimum Gasteiger partial charge on any atom is -0.459 e. The van der Waals surface area contributed by atoms with E-state index >= 15 is 0 Å². The molecule has 1 fully saturated rings. The first-order valence-electron chi connectivity index (χ1n) is 13.5. The topological polar surface area (TPSA) is 112 Å². The summed E-state index contributed by atoms with van der Waals surface area (Å²) in [5.74, 6) is 1.40. The summed E-state index contributed by atoms with van der Waals surface area (Å²) in [7, 11) is 0. The van der Waals surface area contributed by atoms with Crippen molar-refractivity contribution >= 4 is 35.2 Å². The van der Waals surface area contributed by atoms with Gasteiger partial charge in [-0.15, -0.1) is 11.8 Å². The number of hydrogen-bond acceptors (Lipinski definition) is 8. The fourth-order valence-corrected chi connectivity index (χ4v) is 5.56. The quantitative estimate of drug-likeness (QED) is 0.259. The fraction of sp³-hybridized carbons (Fsp3) is 0.290. The van der Waals surface area contributed by atoms with E-state index in [0.717, 1.165) is 34.0 Å². The number of hydrogen-bond donors (Lipinski definition) is 2. The third kappa shape index (κ3) is 7.53. The van der Waals surface area contributed by atoms with Crippen LogP contribution in [0.1, 0.15) is 41.2 Å². The molecule has 1 saturated heterocycles. The van der Waals surface area contributed by atoms with Gasteiger partial charge in [-0.1, -0.05) is 12.1 Å². The van der Waals surface area contributed by atoms with Gasteiger partial charge in [-0.3, -0.25) is 9.59 Å². The normalized spacial score (nSPS) is 13.7. The number of thioether (sulfide) groups is 1. The number of aliphatic hydroxyl groups is 1. The van der Waals surface area contributed by atoms with Crippen LogP contribution in [-0.4, -0.2) is 74.2 Å². The first-order chi connectivity index (χ1) is 19.7. The van der Waals surface area contributed by atoms with Crippen LogP contribution in [0.3, 0.4) is 0 Å². The van der Waals surface area contributed by atoms with Crippen LogP contribution in [0, 0.1) is 0 Å². The maximum Gasteiger partial charge on any atom is 0.289 e. The van der Waals surface area contributed by atoms with Crippen LogP contribution < -0.4 is 5.32 Å². The zero-order chi connectivity index (χ0) is 28.8. The van der Waals surface area contributed by atoms with Crippen LogP contribution >= 0.6 is 11.8 Å². The summed E-state index contributed by atoms with van der Waals surface area (Å²) < 4.78 is 5.21. The largest absolute Gasteiger partial charge is 0.459 e. The van der Waals surface area contributed by atoms with Gasteiger partial charge < -0.3 is 24.6 Å². The molecule has 0 atom stereocenters. The van der Waals surface area contributed by atoms with Gasteiger partial charge >= 0.3 is 0 Å². The molecule has 0 aliphatic carbocycles. The third-order valence-electron chi connectivity index (χ3n) is 6.76. The van der Waals surface area contributed by atoms with E-state index in [2.05, 4.69) is 27.4 Å². The molecule has 5 rings (SSSR count). The van der Waals surface area contributed by atoms with Crippen LogP contribution in [0.15, 0.2) is 88.5 Å². The number of amides is 2. The summed E-state index contributed by atoms with van der Waals surface area (Å²) in [5.41, 5.74) is 2.47. The van der Waals surface area contributed by atoms with Gasteiger partial charge in [-0.05, 0) is 74.9 Å². The number of piperazine rings is 1. The Labute approximate surface area is 243 Å². The molecule has 1 aliphatic heterocycles. The van der Waals surface area contributed by atoms with E-state index in [1.165, 1.54) is 6.26 Å². The number of carbonyl (C=O) groups is 2. The molecule has 2 N–H and O–H groups in total. The average Bonchev–Trinajstić information content (AvgIpc) is 3.52. The second-order valence-electron chi connectivity index (χ2n) is 10.5. The van der Waals surface area contributed by atoms with E-state index in [0.29, 0.717) is 43.5 Å². The van der Waals surface area contributed by atoms with Crippen molar-refractivity contribution in [3.05, 3.63) is 90.5 Å². The monoisotopic (exact) mass is 571 g/mol. The maximum atomic E-state index is 13.0. The van der Waals surface area contributed by atoms with Gasteiger partial charge in [-0.2, -0.15) is 0 Å². The zero-order valence-corrected chi connectivity index (χ0v) is 23.9. The van der Waals surface area contributed by atoms with Gasteiger partial charge in [0.25, 0.3) is 11.8 Å². The van der Waals surface area contributed by atoms with Crippen molar-refractivity contribution in [2.24, 2.45) is 0 Å². The summed E-state index contributed by atoms with van der Waals surface area (Å²) in [6.45, 7) is 5.50. The highest BCUT2D eigenvalue weighted by Gasteiger charge is 2.26. The standard InChI is InChI=1S/C31H33N5O4S/c1-31(2,39)14-21-41-25-11-7-22(8-12-25)26-13-15-32-30(34-26)33-24-9-5-23(6-10-24)28(37)35-16-18-36(19-17-35)29(38)27-4-3-20-40-27/h3-13,15,20,39H,14,16-19,21H2,1-2H3,(H,32,33,34). The first-order valence-corrected chi connectivity index (χ1v) is 14.5. The predicted molar refractivity (Wildman–Crippen MR) is 159 cm³/mol. The van der Waals surface area contributed by atoms with Gasteiger partial charge in [0.1, 0.15) is 0 Å². The van der Waals surface area contributed by atoms with Gasteiger partial charge in [0.15, 0.2) is 5.76 Å². The van der Waals surface area contributed by atoms with Crippen molar-refractivity contribution < 1.29 is 19.1 Å². The molecule has 4 aromatic rings. The lowest BCUT2D eigenvalue weighted by atomic mass is 10.1. The lowest BCUT2D eigenvalue weighted by molar-refractivity contribution is 0.0518. The van der Waals surface area contributed by atoms with Crippen LogP contribution in [0.5, 0.6) is 0 Å². The highest BCUT2D eigenvalue weighted by Crippen LogP contribution is 2.26. The Kier molecular flexibility index (Phi) is 8.70. The molecule has 0 radical (unpaired) electrons. The summed E-state index contributed by atoms with van der Waals surface area (Å²) in [6.07, 6.45) is 3.92. The Balaban J connectivity index is 1.15. The average molecular weight is 572 g/mol. The fourth-order valence-electron chi connectivity index (χ4n) is 4.40. The van der Waals surface area contributed by atoms with Crippen molar-refractivity contribution in [3.8, 4) is 11.3 Å². The highest BCUT2D eigenvalue weighted by atomic mass is 32.2. The van der Waals surface area contributed by atoms with Crippen molar-refractivity contribution in [1.29, 1.82) is 0 Å². The van der Waals surface area contributed by atoms with E-state index in [9.17, 15) is 14.7 Å². The van der Waals surface area contributed by atoms with Gasteiger partial charge in [0, 0.05) is 59.8 Å². The molecule has 2 aromatic carbocycles. The van der Waals surface area contributed by atoms with Gasteiger partial charge in [-0.25, -0.2) is 9.97 Å². The molecule has 2 amide bonds. The molecule has 2 aromatic heterocycles. The number of aromatic nitrogens is 2. The summed E-state index contributed by atoms with van der Waals surface area (Å²) in [6, 6.07) is 20.6.